The summed E-state index contributed by atoms with van der Waals surface area (Å²) in [6.07, 6.45) is 1.06. The zero-order valence-corrected chi connectivity index (χ0v) is 11.9. The van der Waals surface area contributed by atoms with Gasteiger partial charge in [0.05, 0.1) is 23.9 Å². The van der Waals surface area contributed by atoms with Crippen LogP contribution in [0.2, 0.25) is 0 Å². The van der Waals surface area contributed by atoms with E-state index in [1.54, 1.807) is 0 Å². The fraction of sp³-hybridized carbons (Fsp3) is 0.375. The van der Waals surface area contributed by atoms with Crippen molar-refractivity contribution >= 4 is 0 Å². The minimum atomic E-state index is 0.703. The van der Waals surface area contributed by atoms with Gasteiger partial charge in [-0.15, -0.1) is 0 Å². The Kier molecular flexibility index (Phi) is 3.29. The van der Waals surface area contributed by atoms with Gasteiger partial charge in [-0.3, -0.25) is 4.68 Å². The van der Waals surface area contributed by atoms with E-state index in [0.29, 0.717) is 5.56 Å². The predicted molar refractivity (Wildman–Crippen MR) is 77.3 cm³/mol. The third-order valence-corrected chi connectivity index (χ3v) is 3.94. The van der Waals surface area contributed by atoms with Crippen molar-refractivity contribution in [2.75, 3.05) is 13.6 Å². The average molecular weight is 266 g/mol. The van der Waals surface area contributed by atoms with E-state index in [2.05, 4.69) is 34.7 Å². The number of nitrogens with zero attached hydrogens (tertiary/aromatic N) is 4. The number of nitriles is 1. The number of likely N-dealkylation sites (N-methyl/N-ethyl adjacent to an activating group) is 1. The highest BCUT2D eigenvalue weighted by atomic mass is 15.3. The molecule has 20 heavy (non-hydrogen) atoms. The van der Waals surface area contributed by atoms with E-state index in [4.69, 9.17) is 5.26 Å². The maximum Gasteiger partial charge on any atom is 0.0991 e. The van der Waals surface area contributed by atoms with E-state index in [1.807, 2.05) is 24.3 Å². The lowest BCUT2D eigenvalue weighted by molar-refractivity contribution is 0.307. The van der Waals surface area contributed by atoms with Crippen molar-refractivity contribution in [2.24, 2.45) is 0 Å². The van der Waals surface area contributed by atoms with Gasteiger partial charge in [-0.2, -0.15) is 10.4 Å². The molecule has 0 fully saturated rings. The Morgan fingerprint density at radius 1 is 1.30 bits per heavy atom. The summed E-state index contributed by atoms with van der Waals surface area (Å²) in [5.41, 5.74) is 5.78. The lowest BCUT2D eigenvalue weighted by Crippen LogP contribution is -2.27. The number of aryl methyl sites for hydroxylation is 1. The molecule has 4 heteroatoms. The molecule has 102 valence electrons. The molecule has 0 bridgehead atoms. The van der Waals surface area contributed by atoms with Crippen LogP contribution in [0.15, 0.2) is 24.3 Å². The first-order chi connectivity index (χ1) is 9.67. The van der Waals surface area contributed by atoms with Gasteiger partial charge in [0.25, 0.3) is 0 Å². The van der Waals surface area contributed by atoms with Crippen LogP contribution in [0, 0.1) is 18.3 Å². The van der Waals surface area contributed by atoms with Gasteiger partial charge in [0.2, 0.25) is 0 Å². The highest BCUT2D eigenvalue weighted by Gasteiger charge is 2.21. The SMILES string of the molecule is Cc1nn(Cc2ccc(C#N)cc2)c2c1CN(C)CC2. The molecule has 0 N–H and O–H groups in total. The number of hydrogen-bond acceptors (Lipinski definition) is 3. The first-order valence-electron chi connectivity index (χ1n) is 6.90. The molecule has 0 spiro atoms. The lowest BCUT2D eigenvalue weighted by Gasteiger charge is -2.23. The van der Waals surface area contributed by atoms with Crippen LogP contribution in [0.1, 0.15) is 28.1 Å². The Labute approximate surface area is 119 Å². The summed E-state index contributed by atoms with van der Waals surface area (Å²) in [4.78, 5) is 2.34. The molecule has 0 atom stereocenters. The van der Waals surface area contributed by atoms with Gasteiger partial charge in [-0.05, 0) is 31.7 Å². The maximum absolute atomic E-state index is 8.83. The summed E-state index contributed by atoms with van der Waals surface area (Å²) in [5, 5.41) is 13.5. The van der Waals surface area contributed by atoms with Gasteiger partial charge in [0, 0.05) is 30.8 Å². The molecule has 0 saturated heterocycles. The Morgan fingerprint density at radius 2 is 2.05 bits per heavy atom. The molecule has 1 aliphatic heterocycles. The topological polar surface area (TPSA) is 44.9 Å². The van der Waals surface area contributed by atoms with Gasteiger partial charge >= 0.3 is 0 Å². The van der Waals surface area contributed by atoms with Gasteiger partial charge < -0.3 is 4.90 Å². The van der Waals surface area contributed by atoms with Crippen molar-refractivity contribution in [1.82, 2.24) is 14.7 Å². The van der Waals surface area contributed by atoms with Gasteiger partial charge in [0.15, 0.2) is 0 Å². The third-order valence-electron chi connectivity index (χ3n) is 3.94. The van der Waals surface area contributed by atoms with Crippen LogP contribution < -0.4 is 0 Å². The molecule has 1 aliphatic rings. The molecule has 1 aromatic carbocycles. The van der Waals surface area contributed by atoms with Crippen LogP contribution in [-0.4, -0.2) is 28.3 Å². The minimum Gasteiger partial charge on any atom is -0.302 e. The average Bonchev–Trinajstić information content (AvgIpc) is 2.76. The molecular formula is C16H18N4. The van der Waals surface area contributed by atoms with Crippen LogP contribution in [0.25, 0.3) is 0 Å². The second kappa shape index (κ2) is 5.10. The first-order valence-corrected chi connectivity index (χ1v) is 6.90. The Hall–Kier alpha value is -2.12. The molecule has 0 unspecified atom stereocenters. The number of benzene rings is 1. The molecular weight excluding hydrogens is 248 g/mol. The van der Waals surface area contributed by atoms with Crippen molar-refractivity contribution in [1.29, 1.82) is 5.26 Å². The van der Waals surface area contributed by atoms with Crippen LogP contribution in [-0.2, 0) is 19.5 Å². The molecule has 0 radical (unpaired) electrons. The first kappa shape index (κ1) is 12.9. The van der Waals surface area contributed by atoms with Crippen LogP contribution in [0.5, 0.6) is 0 Å². The van der Waals surface area contributed by atoms with Crippen LogP contribution in [0.4, 0.5) is 0 Å². The lowest BCUT2D eigenvalue weighted by atomic mass is 10.1. The van der Waals surface area contributed by atoms with E-state index < -0.39 is 0 Å². The summed E-state index contributed by atoms with van der Waals surface area (Å²) in [6, 6.07) is 9.90. The molecule has 0 aliphatic carbocycles. The zero-order chi connectivity index (χ0) is 14.1. The van der Waals surface area contributed by atoms with E-state index in [0.717, 1.165) is 31.7 Å². The van der Waals surface area contributed by atoms with Gasteiger partial charge in [-0.25, -0.2) is 0 Å². The number of hydrogen-bond donors (Lipinski definition) is 0. The Morgan fingerprint density at radius 3 is 2.75 bits per heavy atom. The monoisotopic (exact) mass is 266 g/mol. The molecule has 0 saturated carbocycles. The summed E-state index contributed by atoms with van der Waals surface area (Å²) in [6.45, 7) is 4.96. The fourth-order valence-corrected chi connectivity index (χ4v) is 2.79. The standard InChI is InChI=1S/C16H18N4/c1-12-15-11-19(2)8-7-16(15)20(18-12)10-14-5-3-13(9-17)4-6-14/h3-6H,7-8,10-11H2,1-2H3. The number of aromatic nitrogens is 2. The fourth-order valence-electron chi connectivity index (χ4n) is 2.79. The maximum atomic E-state index is 8.83. The van der Waals surface area contributed by atoms with Gasteiger partial charge in [-0.1, -0.05) is 12.1 Å². The van der Waals surface area contributed by atoms with Crippen molar-refractivity contribution in [2.45, 2.75) is 26.4 Å². The largest absolute Gasteiger partial charge is 0.302 e. The molecule has 2 heterocycles. The van der Waals surface area contributed by atoms with Gasteiger partial charge in [0.1, 0.15) is 0 Å². The second-order valence-corrected chi connectivity index (χ2v) is 5.46. The molecule has 0 amide bonds. The van der Waals surface area contributed by atoms with E-state index in [9.17, 15) is 0 Å². The minimum absolute atomic E-state index is 0.703. The predicted octanol–water partition coefficient (Wildman–Crippen LogP) is 2.10. The molecule has 1 aromatic heterocycles. The Balaban J connectivity index is 1.88. The van der Waals surface area contributed by atoms with Crippen LogP contribution in [0.3, 0.4) is 0 Å². The number of rotatable bonds is 2. The highest BCUT2D eigenvalue weighted by molar-refractivity contribution is 5.33. The van der Waals surface area contributed by atoms with E-state index in [1.165, 1.54) is 16.8 Å². The summed E-state index contributed by atoms with van der Waals surface area (Å²) in [5.74, 6) is 0. The summed E-state index contributed by atoms with van der Waals surface area (Å²) < 4.78 is 2.12. The quantitative estimate of drug-likeness (QED) is 0.836. The van der Waals surface area contributed by atoms with Crippen molar-refractivity contribution in [3.63, 3.8) is 0 Å². The highest BCUT2D eigenvalue weighted by Crippen LogP contribution is 2.22. The third kappa shape index (κ3) is 2.33. The van der Waals surface area contributed by atoms with Crippen molar-refractivity contribution in [3.05, 3.63) is 52.3 Å². The molecule has 2 aromatic rings. The second-order valence-electron chi connectivity index (χ2n) is 5.46. The van der Waals surface area contributed by atoms with E-state index >= 15 is 0 Å². The number of fused-ring (bicyclic) bond motifs is 1. The molecule has 4 nitrogen and oxygen atoms in total. The smallest absolute Gasteiger partial charge is 0.0991 e. The molecule has 3 rings (SSSR count). The van der Waals surface area contributed by atoms with Crippen molar-refractivity contribution < 1.29 is 0 Å². The summed E-state index contributed by atoms with van der Waals surface area (Å²) in [7, 11) is 2.15. The summed E-state index contributed by atoms with van der Waals surface area (Å²) >= 11 is 0. The van der Waals surface area contributed by atoms with Crippen molar-refractivity contribution in [3.8, 4) is 6.07 Å². The zero-order valence-electron chi connectivity index (χ0n) is 11.9. The van der Waals surface area contributed by atoms with Crippen LogP contribution >= 0.6 is 0 Å². The Bertz CT molecular complexity index is 661. The normalized spacial score (nSPS) is 14.8. The van der Waals surface area contributed by atoms with E-state index in [-0.39, 0.29) is 0 Å².